The molecule has 1 aromatic carbocycles. The first-order chi connectivity index (χ1) is 11.7. The second-order valence-corrected chi connectivity index (χ2v) is 7.37. The molecule has 2 aliphatic heterocycles. The van der Waals surface area contributed by atoms with Gasteiger partial charge in [-0.1, -0.05) is 6.07 Å². The second-order valence-electron chi connectivity index (χ2n) is 7.37. The van der Waals surface area contributed by atoms with Crippen LogP contribution in [-0.2, 0) is 4.79 Å². The van der Waals surface area contributed by atoms with Crippen molar-refractivity contribution in [2.45, 2.75) is 52.1 Å². The van der Waals surface area contributed by atoms with Crippen LogP contribution in [-0.4, -0.2) is 52.3 Å². The van der Waals surface area contributed by atoms with Crippen molar-refractivity contribution in [3.05, 3.63) is 34.9 Å². The van der Waals surface area contributed by atoms with E-state index in [1.165, 1.54) is 4.90 Å². The van der Waals surface area contributed by atoms with Gasteiger partial charge in [-0.05, 0) is 63.8 Å². The predicted octanol–water partition coefficient (Wildman–Crippen LogP) is 2.24. The first-order valence-corrected chi connectivity index (χ1v) is 8.77. The van der Waals surface area contributed by atoms with Crippen molar-refractivity contribution in [3.63, 3.8) is 0 Å². The van der Waals surface area contributed by atoms with Gasteiger partial charge in [0, 0.05) is 24.7 Å². The Morgan fingerprint density at radius 1 is 1.12 bits per heavy atom. The molecule has 25 heavy (non-hydrogen) atoms. The van der Waals surface area contributed by atoms with Crippen LogP contribution in [0.2, 0.25) is 0 Å². The molecule has 6 heteroatoms. The lowest BCUT2D eigenvalue weighted by Gasteiger charge is -2.37. The number of aryl methyl sites for hydroxylation is 2. The van der Waals surface area contributed by atoms with Crippen molar-refractivity contribution in [2.75, 3.05) is 13.1 Å². The van der Waals surface area contributed by atoms with E-state index in [4.69, 9.17) is 0 Å². The smallest absolute Gasteiger partial charge is 0.325 e. The van der Waals surface area contributed by atoms with E-state index in [1.54, 1.807) is 4.90 Å². The Morgan fingerprint density at radius 3 is 2.28 bits per heavy atom. The molecular weight excluding hydrogens is 318 g/mol. The number of piperidine rings is 1. The van der Waals surface area contributed by atoms with Crippen molar-refractivity contribution >= 4 is 17.8 Å². The van der Waals surface area contributed by atoms with Crippen LogP contribution in [0.1, 0.15) is 48.2 Å². The summed E-state index contributed by atoms with van der Waals surface area (Å²) >= 11 is 0. The van der Waals surface area contributed by atoms with Crippen molar-refractivity contribution in [3.8, 4) is 0 Å². The molecule has 1 aromatic rings. The molecule has 0 radical (unpaired) electrons. The van der Waals surface area contributed by atoms with Gasteiger partial charge in [0.1, 0.15) is 5.54 Å². The molecule has 0 saturated carbocycles. The highest BCUT2D eigenvalue weighted by Crippen LogP contribution is 2.31. The van der Waals surface area contributed by atoms with Gasteiger partial charge >= 0.3 is 6.03 Å². The van der Waals surface area contributed by atoms with Crippen molar-refractivity contribution in [1.82, 2.24) is 15.1 Å². The van der Waals surface area contributed by atoms with Crippen LogP contribution in [0, 0.1) is 13.8 Å². The quantitative estimate of drug-likeness (QED) is 0.837. The molecule has 1 spiro atoms. The van der Waals surface area contributed by atoms with Crippen molar-refractivity contribution < 1.29 is 14.4 Å². The molecule has 134 valence electrons. The van der Waals surface area contributed by atoms with E-state index in [9.17, 15) is 14.4 Å². The van der Waals surface area contributed by atoms with Gasteiger partial charge in [0.25, 0.3) is 11.8 Å². The highest BCUT2D eigenvalue weighted by Gasteiger charge is 2.53. The number of nitrogens with one attached hydrogen (secondary N) is 1. The summed E-state index contributed by atoms with van der Waals surface area (Å²) in [7, 11) is 0. The predicted molar refractivity (Wildman–Crippen MR) is 94.3 cm³/mol. The fourth-order valence-corrected chi connectivity index (χ4v) is 3.60. The third-order valence-electron chi connectivity index (χ3n) is 5.37. The SMILES string of the molecule is Cc1ccc(C(=O)N2CCC3(CC2)NC(=O)N(C(C)C)C3=O)cc1C. The van der Waals surface area contributed by atoms with E-state index < -0.39 is 5.54 Å². The fraction of sp³-hybridized carbons (Fsp3) is 0.526. The largest absolute Gasteiger partial charge is 0.338 e. The van der Waals surface area contributed by atoms with Crippen LogP contribution >= 0.6 is 0 Å². The summed E-state index contributed by atoms with van der Waals surface area (Å²) in [5.74, 6) is -0.179. The summed E-state index contributed by atoms with van der Waals surface area (Å²) in [6.07, 6.45) is 0.911. The molecule has 3 rings (SSSR count). The van der Waals surface area contributed by atoms with E-state index in [0.717, 1.165) is 11.1 Å². The molecule has 0 aromatic heterocycles. The zero-order valence-electron chi connectivity index (χ0n) is 15.3. The monoisotopic (exact) mass is 343 g/mol. The first kappa shape index (κ1) is 17.5. The van der Waals surface area contributed by atoms with Gasteiger partial charge < -0.3 is 10.2 Å². The third kappa shape index (κ3) is 2.90. The Bertz CT molecular complexity index is 733. The molecule has 2 fully saturated rings. The van der Waals surface area contributed by atoms with Crippen LogP contribution < -0.4 is 5.32 Å². The number of benzene rings is 1. The summed E-state index contributed by atoms with van der Waals surface area (Å²) in [6, 6.07) is 5.22. The Kier molecular flexibility index (Phi) is 4.31. The lowest BCUT2D eigenvalue weighted by molar-refractivity contribution is -0.133. The molecule has 4 amide bonds. The van der Waals surface area contributed by atoms with Gasteiger partial charge in [-0.25, -0.2) is 4.79 Å². The van der Waals surface area contributed by atoms with E-state index in [1.807, 2.05) is 45.9 Å². The minimum atomic E-state index is -0.846. The van der Waals surface area contributed by atoms with E-state index >= 15 is 0 Å². The van der Waals surface area contributed by atoms with Crippen LogP contribution in [0.15, 0.2) is 18.2 Å². The molecule has 0 atom stereocenters. The number of imide groups is 1. The fourth-order valence-electron chi connectivity index (χ4n) is 3.60. The number of likely N-dealkylation sites (tertiary alicyclic amines) is 1. The molecule has 0 bridgehead atoms. The zero-order valence-corrected chi connectivity index (χ0v) is 15.3. The maximum Gasteiger partial charge on any atom is 0.325 e. The molecule has 2 saturated heterocycles. The van der Waals surface area contributed by atoms with Crippen molar-refractivity contribution in [2.24, 2.45) is 0 Å². The number of hydrogen-bond donors (Lipinski definition) is 1. The molecular formula is C19H25N3O3. The van der Waals surface area contributed by atoms with E-state index in [2.05, 4.69) is 5.32 Å². The molecule has 0 aliphatic carbocycles. The number of hydrogen-bond acceptors (Lipinski definition) is 3. The zero-order chi connectivity index (χ0) is 18.4. The lowest BCUT2D eigenvalue weighted by Crippen LogP contribution is -2.56. The van der Waals surface area contributed by atoms with Crippen LogP contribution in [0.3, 0.4) is 0 Å². The second kappa shape index (κ2) is 6.17. The summed E-state index contributed by atoms with van der Waals surface area (Å²) in [5, 5.41) is 2.87. The minimum absolute atomic E-state index is 0.0181. The number of carbonyl (C=O) groups excluding carboxylic acids is 3. The molecule has 2 heterocycles. The van der Waals surface area contributed by atoms with E-state index in [-0.39, 0.29) is 23.9 Å². The number of amides is 4. The number of urea groups is 1. The van der Waals surface area contributed by atoms with Crippen molar-refractivity contribution in [1.29, 1.82) is 0 Å². The molecule has 0 unspecified atom stereocenters. The van der Waals surface area contributed by atoms with Gasteiger partial charge in [0.05, 0.1) is 0 Å². The molecule has 2 aliphatic rings. The van der Waals surface area contributed by atoms with E-state index in [0.29, 0.717) is 31.5 Å². The average Bonchev–Trinajstić information content (AvgIpc) is 2.80. The van der Waals surface area contributed by atoms with Gasteiger partial charge in [0.15, 0.2) is 0 Å². The Hall–Kier alpha value is -2.37. The maximum atomic E-state index is 12.7. The highest BCUT2D eigenvalue weighted by atomic mass is 16.2. The average molecular weight is 343 g/mol. The van der Waals surface area contributed by atoms with Gasteiger partial charge in [-0.3, -0.25) is 14.5 Å². The highest BCUT2D eigenvalue weighted by molar-refractivity contribution is 6.07. The Balaban J connectivity index is 1.71. The van der Waals surface area contributed by atoms with Gasteiger partial charge in [-0.15, -0.1) is 0 Å². The summed E-state index contributed by atoms with van der Waals surface area (Å²) < 4.78 is 0. The Morgan fingerprint density at radius 2 is 1.76 bits per heavy atom. The first-order valence-electron chi connectivity index (χ1n) is 8.77. The minimum Gasteiger partial charge on any atom is -0.338 e. The Labute approximate surface area is 148 Å². The normalized spacial score (nSPS) is 19.7. The van der Waals surface area contributed by atoms with Gasteiger partial charge in [-0.2, -0.15) is 0 Å². The summed E-state index contributed by atoms with van der Waals surface area (Å²) in [4.78, 5) is 40.6. The summed E-state index contributed by atoms with van der Waals surface area (Å²) in [5.41, 5.74) is 2.07. The lowest BCUT2D eigenvalue weighted by atomic mass is 9.87. The van der Waals surface area contributed by atoms with Crippen LogP contribution in [0.25, 0.3) is 0 Å². The number of nitrogens with zero attached hydrogens (tertiary/aromatic N) is 2. The maximum absolute atomic E-state index is 12.7. The topological polar surface area (TPSA) is 69.7 Å². The number of rotatable bonds is 2. The molecule has 6 nitrogen and oxygen atoms in total. The molecule has 1 N–H and O–H groups in total. The van der Waals surface area contributed by atoms with Crippen LogP contribution in [0.4, 0.5) is 4.79 Å². The van der Waals surface area contributed by atoms with Gasteiger partial charge in [0.2, 0.25) is 0 Å². The number of carbonyl (C=O) groups is 3. The third-order valence-corrected chi connectivity index (χ3v) is 5.37. The summed E-state index contributed by atoms with van der Waals surface area (Å²) in [6.45, 7) is 8.59. The van der Waals surface area contributed by atoms with Crippen LogP contribution in [0.5, 0.6) is 0 Å². The standard InChI is InChI=1S/C19H25N3O3/c1-12(2)22-17(24)19(20-18(22)25)7-9-21(10-8-19)16(23)15-6-5-13(3)14(4)11-15/h5-6,11-12H,7-10H2,1-4H3,(H,20,25).